The highest BCUT2D eigenvalue weighted by Gasteiger charge is 2.29. The number of para-hydroxylation sites is 1. The first kappa shape index (κ1) is 14.9. The van der Waals surface area contributed by atoms with E-state index in [0.717, 1.165) is 38.4 Å². The molecule has 3 N–H and O–H groups in total. The molecule has 2 atom stereocenters. The maximum atomic E-state index is 10.4. The fraction of sp³-hybridized carbons (Fsp3) is 0.667. The van der Waals surface area contributed by atoms with Gasteiger partial charge in [-0.1, -0.05) is 43.9 Å². The third kappa shape index (κ3) is 3.41. The lowest BCUT2D eigenvalue weighted by Gasteiger charge is -2.25. The van der Waals surface area contributed by atoms with Crippen molar-refractivity contribution < 1.29 is 5.11 Å². The van der Waals surface area contributed by atoms with Gasteiger partial charge in [-0.2, -0.15) is 0 Å². The van der Waals surface area contributed by atoms with E-state index in [0.29, 0.717) is 5.92 Å². The van der Waals surface area contributed by atoms with Gasteiger partial charge in [0, 0.05) is 24.7 Å². The minimum absolute atomic E-state index is 0.196. The number of hydrogen-bond donors (Lipinski definition) is 2. The zero-order chi connectivity index (χ0) is 14.7. The summed E-state index contributed by atoms with van der Waals surface area (Å²) in [5.41, 5.74) is 8.47. The molecule has 21 heavy (non-hydrogen) atoms. The van der Waals surface area contributed by atoms with Crippen molar-refractivity contribution in [1.82, 2.24) is 0 Å². The van der Waals surface area contributed by atoms with Crippen LogP contribution in [0.4, 0.5) is 5.69 Å². The minimum atomic E-state index is -0.196. The number of anilines is 1. The summed E-state index contributed by atoms with van der Waals surface area (Å²) < 4.78 is 0. The first-order valence-corrected chi connectivity index (χ1v) is 8.50. The molecule has 2 unspecified atom stereocenters. The number of aliphatic hydroxyl groups excluding tert-OH is 1. The lowest BCUT2D eigenvalue weighted by Crippen LogP contribution is -2.32. The van der Waals surface area contributed by atoms with E-state index in [1.54, 1.807) is 0 Å². The molecule has 1 saturated carbocycles. The molecule has 1 aliphatic carbocycles. The predicted octanol–water partition coefficient (Wildman–Crippen LogP) is 2.88. The van der Waals surface area contributed by atoms with Gasteiger partial charge in [-0.3, -0.25) is 0 Å². The second-order valence-electron chi connectivity index (χ2n) is 6.78. The molecule has 1 aliphatic heterocycles. The number of fused-ring (bicyclic) bond motifs is 1. The van der Waals surface area contributed by atoms with Gasteiger partial charge in [-0.25, -0.2) is 0 Å². The second kappa shape index (κ2) is 6.80. The van der Waals surface area contributed by atoms with Crippen LogP contribution < -0.4 is 10.6 Å². The molecule has 0 aromatic heterocycles. The summed E-state index contributed by atoms with van der Waals surface area (Å²) in [6.45, 7) is 2.52. The lowest BCUT2D eigenvalue weighted by atomic mass is 9.98. The first-order chi connectivity index (χ1) is 10.3. The highest BCUT2D eigenvalue weighted by Crippen LogP contribution is 2.38. The van der Waals surface area contributed by atoms with Gasteiger partial charge in [0.2, 0.25) is 0 Å². The highest BCUT2D eigenvalue weighted by molar-refractivity contribution is 5.60. The minimum Gasteiger partial charge on any atom is -0.391 e. The van der Waals surface area contributed by atoms with E-state index in [9.17, 15) is 5.11 Å². The van der Waals surface area contributed by atoms with Crippen LogP contribution in [0.25, 0.3) is 0 Å². The second-order valence-corrected chi connectivity index (χ2v) is 6.78. The molecule has 0 radical (unpaired) electrons. The van der Waals surface area contributed by atoms with E-state index in [2.05, 4.69) is 29.2 Å². The van der Waals surface area contributed by atoms with E-state index in [1.807, 2.05) is 0 Å². The number of nitrogens with two attached hydrogens (primary N) is 1. The van der Waals surface area contributed by atoms with Gasteiger partial charge in [0.1, 0.15) is 0 Å². The SMILES string of the molecule is NCCC1CN(CC(O)CC2CCCC2)c2ccccc21. The zero-order valence-corrected chi connectivity index (χ0v) is 12.9. The fourth-order valence-electron chi connectivity index (χ4n) is 4.16. The highest BCUT2D eigenvalue weighted by atomic mass is 16.3. The topological polar surface area (TPSA) is 49.5 Å². The Balaban J connectivity index is 1.63. The molecule has 116 valence electrons. The predicted molar refractivity (Wildman–Crippen MR) is 87.6 cm³/mol. The molecule has 3 nitrogen and oxygen atoms in total. The smallest absolute Gasteiger partial charge is 0.0717 e. The Kier molecular flexibility index (Phi) is 4.81. The van der Waals surface area contributed by atoms with Crippen molar-refractivity contribution in [2.75, 3.05) is 24.5 Å². The van der Waals surface area contributed by atoms with E-state index in [4.69, 9.17) is 5.73 Å². The van der Waals surface area contributed by atoms with Gasteiger partial charge in [-0.05, 0) is 36.9 Å². The van der Waals surface area contributed by atoms with Crippen molar-refractivity contribution in [1.29, 1.82) is 0 Å². The fourth-order valence-corrected chi connectivity index (χ4v) is 4.16. The Morgan fingerprint density at radius 2 is 2.00 bits per heavy atom. The van der Waals surface area contributed by atoms with E-state index < -0.39 is 0 Å². The summed E-state index contributed by atoms with van der Waals surface area (Å²) in [7, 11) is 0. The molecule has 1 fully saturated rings. The van der Waals surface area contributed by atoms with Crippen LogP contribution in [0.3, 0.4) is 0 Å². The summed E-state index contributed by atoms with van der Waals surface area (Å²) >= 11 is 0. The van der Waals surface area contributed by atoms with Gasteiger partial charge in [0.05, 0.1) is 6.10 Å². The average Bonchev–Trinajstić information content (AvgIpc) is 3.09. The molecular weight excluding hydrogens is 260 g/mol. The van der Waals surface area contributed by atoms with Gasteiger partial charge >= 0.3 is 0 Å². The molecule has 2 aliphatic rings. The van der Waals surface area contributed by atoms with Crippen molar-refractivity contribution in [2.45, 2.75) is 50.5 Å². The van der Waals surface area contributed by atoms with Gasteiger partial charge in [0.15, 0.2) is 0 Å². The molecule has 1 aromatic rings. The summed E-state index contributed by atoms with van der Waals surface area (Å²) in [5.74, 6) is 1.28. The number of rotatable bonds is 6. The van der Waals surface area contributed by atoms with Gasteiger partial charge in [-0.15, -0.1) is 0 Å². The molecule has 0 saturated heterocycles. The Morgan fingerprint density at radius 1 is 1.24 bits per heavy atom. The average molecular weight is 288 g/mol. The normalized spacial score (nSPS) is 23.5. The van der Waals surface area contributed by atoms with Crippen LogP contribution in [0.2, 0.25) is 0 Å². The van der Waals surface area contributed by atoms with Gasteiger partial charge in [0.25, 0.3) is 0 Å². The molecule has 0 spiro atoms. The zero-order valence-electron chi connectivity index (χ0n) is 12.9. The summed E-state index contributed by atoms with van der Waals surface area (Å²) in [6.07, 6.45) is 7.13. The molecule has 0 amide bonds. The van der Waals surface area contributed by atoms with E-state index >= 15 is 0 Å². The van der Waals surface area contributed by atoms with Crippen LogP contribution in [0, 0.1) is 5.92 Å². The number of benzene rings is 1. The van der Waals surface area contributed by atoms with Crippen LogP contribution in [0.15, 0.2) is 24.3 Å². The van der Waals surface area contributed by atoms with Crippen molar-refractivity contribution in [3.05, 3.63) is 29.8 Å². The van der Waals surface area contributed by atoms with Crippen LogP contribution in [0.5, 0.6) is 0 Å². The lowest BCUT2D eigenvalue weighted by molar-refractivity contribution is 0.148. The molecule has 3 rings (SSSR count). The molecule has 0 bridgehead atoms. The molecule has 1 heterocycles. The number of β-amino-alcohol motifs (C(OH)–C–C–N with tert-alkyl or cyclic N) is 1. The van der Waals surface area contributed by atoms with Gasteiger partial charge < -0.3 is 15.7 Å². The Labute approximate surface area is 128 Å². The van der Waals surface area contributed by atoms with Crippen LogP contribution in [-0.4, -0.2) is 30.8 Å². The molecule has 3 heteroatoms. The molecule has 1 aromatic carbocycles. The van der Waals surface area contributed by atoms with E-state index in [1.165, 1.54) is 36.9 Å². The number of hydrogen-bond acceptors (Lipinski definition) is 3. The van der Waals surface area contributed by atoms with Crippen LogP contribution in [-0.2, 0) is 0 Å². The van der Waals surface area contributed by atoms with E-state index in [-0.39, 0.29) is 6.10 Å². The monoisotopic (exact) mass is 288 g/mol. The summed E-state index contributed by atoms with van der Waals surface area (Å²) in [4.78, 5) is 2.37. The van der Waals surface area contributed by atoms with Crippen molar-refractivity contribution in [3.63, 3.8) is 0 Å². The maximum Gasteiger partial charge on any atom is 0.0717 e. The third-order valence-electron chi connectivity index (χ3n) is 5.18. The van der Waals surface area contributed by atoms with Crippen molar-refractivity contribution in [2.24, 2.45) is 11.7 Å². The summed E-state index contributed by atoms with van der Waals surface area (Å²) in [6, 6.07) is 8.62. The maximum absolute atomic E-state index is 10.4. The van der Waals surface area contributed by atoms with Crippen molar-refractivity contribution >= 4 is 5.69 Å². The number of aliphatic hydroxyl groups is 1. The van der Waals surface area contributed by atoms with Crippen molar-refractivity contribution in [3.8, 4) is 0 Å². The Morgan fingerprint density at radius 3 is 2.76 bits per heavy atom. The molecular formula is C18H28N2O. The third-order valence-corrected chi connectivity index (χ3v) is 5.18. The Hall–Kier alpha value is -1.06. The first-order valence-electron chi connectivity index (χ1n) is 8.50. The largest absolute Gasteiger partial charge is 0.391 e. The number of nitrogens with zero attached hydrogens (tertiary/aromatic N) is 1. The standard InChI is InChI=1S/C18H28N2O/c19-10-9-15-12-20(18-8-4-3-7-17(15)18)13-16(21)11-14-5-1-2-6-14/h3-4,7-8,14-16,21H,1-2,5-6,9-13,19H2. The Bertz CT molecular complexity index is 456. The summed E-state index contributed by atoms with van der Waals surface area (Å²) in [5, 5.41) is 10.4. The quantitative estimate of drug-likeness (QED) is 0.846. The van der Waals surface area contributed by atoms with Crippen LogP contribution in [0.1, 0.15) is 50.0 Å². The van der Waals surface area contributed by atoms with Crippen LogP contribution >= 0.6 is 0 Å².